The number of benzene rings is 2. The van der Waals surface area contributed by atoms with Crippen molar-refractivity contribution >= 4 is 35.6 Å². The SMILES string of the molecule is Cc1ccc(NC(=O)CN2C(=O)N/C(=C/c3cccn3-c3cccc(C(=O)O)c3)C2=O)cc1. The number of anilines is 1. The maximum absolute atomic E-state index is 12.8. The number of aromatic nitrogens is 1. The van der Waals surface area contributed by atoms with Gasteiger partial charge in [-0.15, -0.1) is 0 Å². The van der Waals surface area contributed by atoms with Gasteiger partial charge in [-0.3, -0.25) is 9.59 Å². The molecule has 4 amide bonds. The molecular formula is C24H20N4O5. The fourth-order valence-electron chi connectivity index (χ4n) is 3.38. The molecule has 1 aromatic heterocycles. The van der Waals surface area contributed by atoms with Gasteiger partial charge in [-0.05, 0) is 55.5 Å². The van der Waals surface area contributed by atoms with Gasteiger partial charge >= 0.3 is 12.0 Å². The molecule has 3 aromatic rings. The van der Waals surface area contributed by atoms with E-state index in [0.29, 0.717) is 17.1 Å². The second kappa shape index (κ2) is 8.83. The molecule has 0 bridgehead atoms. The van der Waals surface area contributed by atoms with E-state index in [1.54, 1.807) is 47.2 Å². The van der Waals surface area contributed by atoms with Gasteiger partial charge in [0.15, 0.2) is 0 Å². The van der Waals surface area contributed by atoms with Gasteiger partial charge < -0.3 is 20.3 Å². The van der Waals surface area contributed by atoms with Crippen molar-refractivity contribution in [2.24, 2.45) is 0 Å². The quantitative estimate of drug-likeness (QED) is 0.399. The first kappa shape index (κ1) is 21.6. The lowest BCUT2D eigenvalue weighted by Gasteiger charge is -2.12. The van der Waals surface area contributed by atoms with Crippen molar-refractivity contribution in [1.29, 1.82) is 0 Å². The summed E-state index contributed by atoms with van der Waals surface area (Å²) < 4.78 is 1.69. The largest absolute Gasteiger partial charge is 0.478 e. The molecule has 1 aliphatic rings. The van der Waals surface area contributed by atoms with Crippen LogP contribution in [0, 0.1) is 6.92 Å². The third-order valence-electron chi connectivity index (χ3n) is 5.04. The van der Waals surface area contributed by atoms with E-state index in [4.69, 9.17) is 0 Å². The summed E-state index contributed by atoms with van der Waals surface area (Å²) in [5.41, 5.74) is 2.87. The summed E-state index contributed by atoms with van der Waals surface area (Å²) in [4.78, 5) is 49.5. The molecule has 0 saturated carbocycles. The second-order valence-electron chi connectivity index (χ2n) is 7.45. The highest BCUT2D eigenvalue weighted by atomic mass is 16.4. The predicted molar refractivity (Wildman–Crippen MR) is 121 cm³/mol. The summed E-state index contributed by atoms with van der Waals surface area (Å²) in [6, 6.07) is 16.2. The number of carboxylic acids is 1. The fourth-order valence-corrected chi connectivity index (χ4v) is 3.38. The Morgan fingerprint density at radius 3 is 2.55 bits per heavy atom. The Morgan fingerprint density at radius 1 is 1.06 bits per heavy atom. The van der Waals surface area contributed by atoms with Crippen molar-refractivity contribution in [3.05, 3.63) is 89.4 Å². The number of nitrogens with zero attached hydrogens (tertiary/aromatic N) is 2. The number of hydrogen-bond donors (Lipinski definition) is 3. The number of carbonyl (C=O) groups is 4. The standard InChI is InChI=1S/C24H20N4O5/c1-15-7-9-17(10-8-15)25-21(29)14-28-22(30)20(26-24(28)33)13-19-6-3-11-27(19)18-5-2-4-16(12-18)23(31)32/h2-13H,14H2,1H3,(H,25,29)(H,26,33)(H,31,32)/b20-13+. The minimum Gasteiger partial charge on any atom is -0.478 e. The number of rotatable bonds is 6. The molecule has 3 N–H and O–H groups in total. The third-order valence-corrected chi connectivity index (χ3v) is 5.04. The molecule has 166 valence electrons. The topological polar surface area (TPSA) is 121 Å². The number of imide groups is 1. The van der Waals surface area contributed by atoms with Crippen LogP contribution in [0.4, 0.5) is 10.5 Å². The Morgan fingerprint density at radius 2 is 1.82 bits per heavy atom. The van der Waals surface area contributed by atoms with E-state index in [1.807, 2.05) is 19.1 Å². The highest BCUT2D eigenvalue weighted by Crippen LogP contribution is 2.19. The predicted octanol–water partition coefficient (Wildman–Crippen LogP) is 3.02. The number of aromatic carboxylic acids is 1. The molecule has 1 fully saturated rings. The van der Waals surface area contributed by atoms with Crippen molar-refractivity contribution in [2.45, 2.75) is 6.92 Å². The number of nitrogens with one attached hydrogen (secondary N) is 2. The molecule has 0 radical (unpaired) electrons. The first-order chi connectivity index (χ1) is 15.8. The zero-order valence-electron chi connectivity index (χ0n) is 17.6. The van der Waals surface area contributed by atoms with Gasteiger partial charge in [0, 0.05) is 23.3 Å². The average molecular weight is 444 g/mol. The van der Waals surface area contributed by atoms with Crippen LogP contribution in [0.25, 0.3) is 11.8 Å². The molecule has 0 aliphatic carbocycles. The Hall–Kier alpha value is -4.66. The van der Waals surface area contributed by atoms with Crippen LogP contribution < -0.4 is 10.6 Å². The molecule has 2 aromatic carbocycles. The maximum atomic E-state index is 12.8. The zero-order chi connectivity index (χ0) is 23.5. The molecule has 9 nitrogen and oxygen atoms in total. The third kappa shape index (κ3) is 4.67. The first-order valence-corrected chi connectivity index (χ1v) is 10.0. The Bertz CT molecular complexity index is 1290. The lowest BCUT2D eigenvalue weighted by Crippen LogP contribution is -2.38. The van der Waals surface area contributed by atoms with E-state index in [9.17, 15) is 24.3 Å². The molecule has 1 saturated heterocycles. The number of amides is 4. The van der Waals surface area contributed by atoms with Gasteiger partial charge in [0.05, 0.1) is 5.56 Å². The number of carbonyl (C=O) groups excluding carboxylic acids is 3. The summed E-state index contributed by atoms with van der Waals surface area (Å²) in [6.45, 7) is 1.49. The number of hydrogen-bond acceptors (Lipinski definition) is 4. The van der Waals surface area contributed by atoms with E-state index in [1.165, 1.54) is 18.2 Å². The van der Waals surface area contributed by atoms with Crippen LogP contribution in [0.3, 0.4) is 0 Å². The van der Waals surface area contributed by atoms with Crippen molar-refractivity contribution in [3.8, 4) is 5.69 Å². The summed E-state index contributed by atoms with van der Waals surface area (Å²) in [5.74, 6) is -2.19. The summed E-state index contributed by atoms with van der Waals surface area (Å²) in [5, 5.41) is 14.4. The van der Waals surface area contributed by atoms with Crippen LogP contribution in [-0.2, 0) is 9.59 Å². The number of aryl methyl sites for hydroxylation is 1. The van der Waals surface area contributed by atoms with Crippen LogP contribution >= 0.6 is 0 Å². The van der Waals surface area contributed by atoms with Crippen molar-refractivity contribution in [2.75, 3.05) is 11.9 Å². The molecule has 0 unspecified atom stereocenters. The molecule has 33 heavy (non-hydrogen) atoms. The van der Waals surface area contributed by atoms with Gasteiger partial charge in [0.2, 0.25) is 5.91 Å². The van der Waals surface area contributed by atoms with Crippen LogP contribution in [-0.4, -0.2) is 44.9 Å². The Kier molecular flexibility index (Phi) is 5.77. The number of carboxylic acid groups (broad SMARTS) is 1. The van der Waals surface area contributed by atoms with Crippen LogP contribution in [0.2, 0.25) is 0 Å². The minimum absolute atomic E-state index is 0.0116. The molecule has 9 heteroatoms. The van der Waals surface area contributed by atoms with E-state index < -0.39 is 30.4 Å². The minimum atomic E-state index is -1.05. The molecule has 2 heterocycles. The van der Waals surface area contributed by atoms with Gasteiger partial charge in [-0.2, -0.15) is 0 Å². The monoisotopic (exact) mass is 444 g/mol. The van der Waals surface area contributed by atoms with Crippen LogP contribution in [0.5, 0.6) is 0 Å². The normalized spacial score (nSPS) is 14.5. The van der Waals surface area contributed by atoms with E-state index in [0.717, 1.165) is 10.5 Å². The van der Waals surface area contributed by atoms with Gasteiger partial charge in [-0.1, -0.05) is 23.8 Å². The molecule has 4 rings (SSSR count). The highest BCUT2D eigenvalue weighted by Gasteiger charge is 2.35. The second-order valence-corrected chi connectivity index (χ2v) is 7.45. The van der Waals surface area contributed by atoms with Crippen molar-refractivity contribution in [1.82, 2.24) is 14.8 Å². The number of urea groups is 1. The van der Waals surface area contributed by atoms with Gasteiger partial charge in [0.1, 0.15) is 12.2 Å². The lowest BCUT2D eigenvalue weighted by molar-refractivity contribution is -0.127. The van der Waals surface area contributed by atoms with Crippen LogP contribution in [0.1, 0.15) is 21.6 Å². The summed E-state index contributed by atoms with van der Waals surface area (Å²) >= 11 is 0. The Balaban J connectivity index is 1.51. The smallest absolute Gasteiger partial charge is 0.335 e. The van der Waals surface area contributed by atoms with Crippen molar-refractivity contribution < 1.29 is 24.3 Å². The van der Waals surface area contributed by atoms with E-state index in [-0.39, 0.29) is 11.3 Å². The zero-order valence-corrected chi connectivity index (χ0v) is 17.6. The van der Waals surface area contributed by atoms with E-state index in [2.05, 4.69) is 10.6 Å². The summed E-state index contributed by atoms with van der Waals surface area (Å²) in [7, 11) is 0. The molecular weight excluding hydrogens is 424 g/mol. The fraction of sp³-hybridized carbons (Fsp3) is 0.0833. The first-order valence-electron chi connectivity index (χ1n) is 10.0. The summed E-state index contributed by atoms with van der Waals surface area (Å²) in [6.07, 6.45) is 3.19. The molecule has 1 aliphatic heterocycles. The van der Waals surface area contributed by atoms with Crippen LogP contribution in [0.15, 0.2) is 72.6 Å². The average Bonchev–Trinajstić information content (AvgIpc) is 3.35. The molecule has 0 atom stereocenters. The van der Waals surface area contributed by atoms with Gasteiger partial charge in [0.25, 0.3) is 5.91 Å². The lowest BCUT2D eigenvalue weighted by atomic mass is 10.2. The maximum Gasteiger partial charge on any atom is 0.335 e. The Labute approximate surface area is 188 Å². The van der Waals surface area contributed by atoms with Gasteiger partial charge in [-0.25, -0.2) is 14.5 Å². The van der Waals surface area contributed by atoms with E-state index >= 15 is 0 Å². The highest BCUT2D eigenvalue weighted by molar-refractivity contribution is 6.15. The molecule has 0 spiro atoms. The van der Waals surface area contributed by atoms with Crippen molar-refractivity contribution in [3.63, 3.8) is 0 Å².